The first-order valence-corrected chi connectivity index (χ1v) is 9.47. The highest BCUT2D eigenvalue weighted by Crippen LogP contribution is 2.35. The van der Waals surface area contributed by atoms with Gasteiger partial charge in [-0.15, -0.1) is 0 Å². The normalized spacial score (nSPS) is 11.4. The van der Waals surface area contributed by atoms with Gasteiger partial charge in [0, 0.05) is 30.2 Å². The molecule has 0 bridgehead atoms. The second kappa shape index (κ2) is 7.58. The molecule has 0 aliphatic rings. The Kier molecular flexibility index (Phi) is 4.96. The van der Waals surface area contributed by atoms with Crippen molar-refractivity contribution in [3.8, 4) is 17.1 Å². The van der Waals surface area contributed by atoms with Crippen LogP contribution in [0.1, 0.15) is 25.2 Å². The fourth-order valence-corrected chi connectivity index (χ4v) is 3.40. The number of ether oxygens (including phenoxy) is 1. The molecule has 0 saturated heterocycles. The summed E-state index contributed by atoms with van der Waals surface area (Å²) in [4.78, 5) is 8.82. The molecule has 7 heteroatoms. The summed E-state index contributed by atoms with van der Waals surface area (Å²) in [5, 5.41) is 3.27. The smallest absolute Gasteiger partial charge is 0.181 e. The summed E-state index contributed by atoms with van der Waals surface area (Å²) < 4.78 is 26.9. The second-order valence-corrected chi connectivity index (χ2v) is 7.44. The molecule has 3 aromatic heterocycles. The SMILES string of the molecule is COc1cc(Nc2cc(F)cn3cc(CC(C)C)nc23)ccc1-c1ocnc1C. The molecular formula is C22H23FN4O2. The molecule has 6 nitrogen and oxygen atoms in total. The van der Waals surface area contributed by atoms with Gasteiger partial charge >= 0.3 is 0 Å². The molecule has 0 amide bonds. The van der Waals surface area contributed by atoms with Gasteiger partial charge in [0.2, 0.25) is 0 Å². The zero-order valence-corrected chi connectivity index (χ0v) is 16.9. The largest absolute Gasteiger partial charge is 0.496 e. The molecular weight excluding hydrogens is 371 g/mol. The summed E-state index contributed by atoms with van der Waals surface area (Å²) in [7, 11) is 1.60. The highest BCUT2D eigenvalue weighted by atomic mass is 19.1. The number of hydrogen-bond donors (Lipinski definition) is 1. The summed E-state index contributed by atoms with van der Waals surface area (Å²) in [5.41, 5.74) is 4.54. The maximum absolute atomic E-state index is 14.2. The Morgan fingerprint density at radius 1 is 1.24 bits per heavy atom. The number of aryl methyl sites for hydroxylation is 1. The standard InChI is InChI=1S/C22H23FN4O2/c1-13(2)7-17-11-27-10-15(23)8-19(22(27)26-17)25-16-5-6-18(20(9-16)28-4)21-14(3)24-12-29-21/h5-6,8-13,25H,7H2,1-4H3. The fraction of sp³-hybridized carbons (Fsp3) is 0.273. The molecule has 29 heavy (non-hydrogen) atoms. The summed E-state index contributed by atoms with van der Waals surface area (Å²) in [6.07, 6.45) is 5.56. The Morgan fingerprint density at radius 3 is 2.76 bits per heavy atom. The summed E-state index contributed by atoms with van der Waals surface area (Å²) in [6.45, 7) is 6.14. The number of nitrogens with zero attached hydrogens (tertiary/aromatic N) is 3. The van der Waals surface area contributed by atoms with Crippen molar-refractivity contribution in [1.29, 1.82) is 0 Å². The van der Waals surface area contributed by atoms with E-state index >= 15 is 0 Å². The van der Waals surface area contributed by atoms with Crippen LogP contribution >= 0.6 is 0 Å². The first kappa shape index (κ1) is 19.0. The van der Waals surface area contributed by atoms with E-state index in [0.29, 0.717) is 28.8 Å². The van der Waals surface area contributed by atoms with Gasteiger partial charge in [-0.05, 0) is 31.4 Å². The van der Waals surface area contributed by atoms with E-state index in [1.807, 2.05) is 31.3 Å². The van der Waals surface area contributed by atoms with Gasteiger partial charge < -0.3 is 18.9 Å². The van der Waals surface area contributed by atoms with Crippen LogP contribution in [-0.2, 0) is 6.42 Å². The third kappa shape index (κ3) is 3.81. The van der Waals surface area contributed by atoms with Gasteiger partial charge in [-0.1, -0.05) is 13.8 Å². The molecule has 0 atom stereocenters. The Bertz CT molecular complexity index is 1160. The molecule has 0 fully saturated rings. The number of rotatable bonds is 6. The molecule has 1 N–H and O–H groups in total. The van der Waals surface area contributed by atoms with Gasteiger partial charge in [0.25, 0.3) is 0 Å². The maximum Gasteiger partial charge on any atom is 0.181 e. The van der Waals surface area contributed by atoms with E-state index in [9.17, 15) is 4.39 Å². The van der Waals surface area contributed by atoms with E-state index in [-0.39, 0.29) is 5.82 Å². The van der Waals surface area contributed by atoms with E-state index in [1.165, 1.54) is 18.7 Å². The molecule has 0 saturated carbocycles. The Hall–Kier alpha value is -3.35. The molecule has 4 aromatic rings. The zero-order valence-electron chi connectivity index (χ0n) is 16.9. The Morgan fingerprint density at radius 2 is 2.07 bits per heavy atom. The topological polar surface area (TPSA) is 64.6 Å². The lowest BCUT2D eigenvalue weighted by atomic mass is 10.1. The minimum Gasteiger partial charge on any atom is -0.496 e. The summed E-state index contributed by atoms with van der Waals surface area (Å²) in [5.74, 6) is 1.42. The van der Waals surface area contributed by atoms with Crippen molar-refractivity contribution in [2.24, 2.45) is 5.92 Å². The van der Waals surface area contributed by atoms with Crippen molar-refractivity contribution in [3.63, 3.8) is 0 Å². The average molecular weight is 394 g/mol. The number of benzene rings is 1. The van der Waals surface area contributed by atoms with Gasteiger partial charge in [0.05, 0.1) is 29.7 Å². The van der Waals surface area contributed by atoms with Crippen LogP contribution in [0.25, 0.3) is 17.0 Å². The second-order valence-electron chi connectivity index (χ2n) is 7.44. The lowest BCUT2D eigenvalue weighted by Crippen LogP contribution is -1.98. The average Bonchev–Trinajstić information content (AvgIpc) is 3.26. The quantitative estimate of drug-likeness (QED) is 0.475. The van der Waals surface area contributed by atoms with Gasteiger partial charge in [0.1, 0.15) is 11.6 Å². The molecule has 1 aromatic carbocycles. The maximum atomic E-state index is 14.2. The predicted octanol–water partition coefficient (Wildman–Crippen LogP) is 5.39. The number of imidazole rings is 1. The molecule has 3 heterocycles. The van der Waals surface area contributed by atoms with Crippen molar-refractivity contribution in [3.05, 3.63) is 60.3 Å². The first-order chi connectivity index (χ1) is 13.9. The van der Waals surface area contributed by atoms with Gasteiger partial charge in [-0.2, -0.15) is 0 Å². The van der Waals surface area contributed by atoms with Crippen molar-refractivity contribution in [1.82, 2.24) is 14.4 Å². The molecule has 0 radical (unpaired) electrons. The fourth-order valence-electron chi connectivity index (χ4n) is 3.40. The van der Waals surface area contributed by atoms with Crippen molar-refractivity contribution < 1.29 is 13.5 Å². The van der Waals surface area contributed by atoms with Crippen molar-refractivity contribution in [2.75, 3.05) is 12.4 Å². The van der Waals surface area contributed by atoms with Crippen LogP contribution in [-0.4, -0.2) is 21.5 Å². The van der Waals surface area contributed by atoms with E-state index in [4.69, 9.17) is 9.15 Å². The van der Waals surface area contributed by atoms with Crippen LogP contribution in [0.2, 0.25) is 0 Å². The molecule has 0 unspecified atom stereocenters. The molecule has 0 aliphatic carbocycles. The van der Waals surface area contributed by atoms with Crippen molar-refractivity contribution >= 4 is 17.0 Å². The third-order valence-corrected chi connectivity index (χ3v) is 4.66. The van der Waals surface area contributed by atoms with Crippen LogP contribution in [0.15, 0.2) is 47.5 Å². The van der Waals surface area contributed by atoms with Crippen LogP contribution in [0.5, 0.6) is 5.75 Å². The van der Waals surface area contributed by atoms with Crippen LogP contribution in [0, 0.1) is 18.7 Å². The molecule has 150 valence electrons. The lowest BCUT2D eigenvalue weighted by molar-refractivity contribution is 0.415. The predicted molar refractivity (Wildman–Crippen MR) is 110 cm³/mol. The molecule has 0 aliphatic heterocycles. The van der Waals surface area contributed by atoms with E-state index in [0.717, 1.165) is 29.1 Å². The van der Waals surface area contributed by atoms with E-state index in [2.05, 4.69) is 29.1 Å². The van der Waals surface area contributed by atoms with Gasteiger partial charge in [-0.3, -0.25) is 0 Å². The van der Waals surface area contributed by atoms with Gasteiger partial charge in [0.15, 0.2) is 17.8 Å². The number of hydrogen-bond acceptors (Lipinski definition) is 5. The highest BCUT2D eigenvalue weighted by Gasteiger charge is 2.15. The number of methoxy groups -OCH3 is 1. The van der Waals surface area contributed by atoms with Crippen LogP contribution < -0.4 is 10.1 Å². The first-order valence-electron chi connectivity index (χ1n) is 9.47. The number of oxazole rings is 1. The molecule has 0 spiro atoms. The number of pyridine rings is 1. The Balaban J connectivity index is 1.71. The number of aromatic nitrogens is 3. The number of halogens is 1. The van der Waals surface area contributed by atoms with E-state index in [1.54, 1.807) is 11.5 Å². The minimum absolute atomic E-state index is 0.339. The van der Waals surface area contributed by atoms with Gasteiger partial charge in [-0.25, -0.2) is 14.4 Å². The van der Waals surface area contributed by atoms with Crippen LogP contribution in [0.3, 0.4) is 0 Å². The van der Waals surface area contributed by atoms with Crippen LogP contribution in [0.4, 0.5) is 15.8 Å². The third-order valence-electron chi connectivity index (χ3n) is 4.66. The number of nitrogens with one attached hydrogen (secondary N) is 1. The highest BCUT2D eigenvalue weighted by molar-refractivity contribution is 5.77. The number of fused-ring (bicyclic) bond motifs is 1. The minimum atomic E-state index is -0.339. The zero-order chi connectivity index (χ0) is 20.5. The Labute approximate surface area is 168 Å². The molecule has 4 rings (SSSR count). The number of anilines is 2. The summed E-state index contributed by atoms with van der Waals surface area (Å²) in [6, 6.07) is 7.07. The van der Waals surface area contributed by atoms with Crippen molar-refractivity contribution in [2.45, 2.75) is 27.2 Å². The lowest BCUT2D eigenvalue weighted by Gasteiger charge is -2.12. The monoisotopic (exact) mass is 394 g/mol. The summed E-state index contributed by atoms with van der Waals surface area (Å²) >= 11 is 0. The van der Waals surface area contributed by atoms with E-state index < -0.39 is 0 Å².